The van der Waals surface area contributed by atoms with Crippen LogP contribution >= 0.6 is 46.4 Å². The Morgan fingerprint density at radius 3 is 2.14 bits per heavy atom. The van der Waals surface area contributed by atoms with Gasteiger partial charge in [-0.3, -0.25) is 13.9 Å². The largest absolute Gasteiger partial charge is 0.354 e. The first-order chi connectivity index (χ1) is 16.4. The number of amides is 2. The molecule has 192 valence electrons. The van der Waals surface area contributed by atoms with Crippen molar-refractivity contribution in [2.75, 3.05) is 23.7 Å². The maximum Gasteiger partial charge on any atom is 0.244 e. The quantitative estimate of drug-likeness (QED) is 0.384. The van der Waals surface area contributed by atoms with E-state index in [2.05, 4.69) is 5.32 Å². The van der Waals surface area contributed by atoms with Crippen molar-refractivity contribution < 1.29 is 18.0 Å². The average Bonchev–Trinajstić information content (AvgIpc) is 2.77. The van der Waals surface area contributed by atoms with Crippen molar-refractivity contribution in [2.24, 2.45) is 0 Å². The normalized spacial score (nSPS) is 12.2. The Balaban J connectivity index is 2.52. The van der Waals surface area contributed by atoms with E-state index in [1.807, 2.05) is 6.92 Å². The Morgan fingerprint density at radius 2 is 1.63 bits per heavy atom. The van der Waals surface area contributed by atoms with E-state index < -0.39 is 28.5 Å². The SMILES string of the molecule is CCCNC(=O)C(CC)N(Cc1c(Cl)cccc1Cl)C(=O)CN(c1ccc(Cl)cc1Cl)S(C)(=O)=O. The second kappa shape index (κ2) is 13.0. The molecule has 0 aromatic heterocycles. The molecule has 7 nitrogen and oxygen atoms in total. The molecule has 0 fully saturated rings. The zero-order chi connectivity index (χ0) is 26.3. The maximum absolute atomic E-state index is 13.6. The average molecular weight is 583 g/mol. The number of sulfonamides is 1. The molecule has 1 N–H and O–H groups in total. The van der Waals surface area contributed by atoms with Gasteiger partial charge in [0.25, 0.3) is 0 Å². The third kappa shape index (κ3) is 7.89. The van der Waals surface area contributed by atoms with Gasteiger partial charge in [0, 0.05) is 33.7 Å². The van der Waals surface area contributed by atoms with Crippen molar-refractivity contribution in [1.29, 1.82) is 0 Å². The van der Waals surface area contributed by atoms with Crippen molar-refractivity contribution in [3.8, 4) is 0 Å². The Kier molecular flexibility index (Phi) is 11.0. The molecule has 2 aromatic carbocycles. The van der Waals surface area contributed by atoms with Crippen LogP contribution < -0.4 is 9.62 Å². The Bertz CT molecular complexity index is 1160. The monoisotopic (exact) mass is 581 g/mol. The lowest BCUT2D eigenvalue weighted by atomic mass is 10.1. The second-order valence-electron chi connectivity index (χ2n) is 7.80. The fourth-order valence-electron chi connectivity index (χ4n) is 3.42. The summed E-state index contributed by atoms with van der Waals surface area (Å²) in [6, 6.07) is 8.30. The van der Waals surface area contributed by atoms with Crippen LogP contribution in [0.3, 0.4) is 0 Å². The first-order valence-corrected chi connectivity index (χ1v) is 14.2. The number of nitrogens with zero attached hydrogens (tertiary/aromatic N) is 2. The predicted molar refractivity (Wildman–Crippen MR) is 143 cm³/mol. The lowest BCUT2D eigenvalue weighted by Gasteiger charge is -2.33. The highest BCUT2D eigenvalue weighted by molar-refractivity contribution is 7.92. The van der Waals surface area contributed by atoms with E-state index in [0.717, 1.165) is 10.6 Å². The maximum atomic E-state index is 13.6. The molecule has 0 saturated heterocycles. The summed E-state index contributed by atoms with van der Waals surface area (Å²) in [6.07, 6.45) is 1.96. The minimum absolute atomic E-state index is 0.0594. The molecule has 2 rings (SSSR count). The van der Waals surface area contributed by atoms with E-state index in [1.165, 1.54) is 23.1 Å². The molecule has 35 heavy (non-hydrogen) atoms. The van der Waals surface area contributed by atoms with Crippen molar-refractivity contribution >= 4 is 73.9 Å². The number of benzene rings is 2. The highest BCUT2D eigenvalue weighted by atomic mass is 35.5. The van der Waals surface area contributed by atoms with Gasteiger partial charge in [-0.25, -0.2) is 8.42 Å². The summed E-state index contributed by atoms with van der Waals surface area (Å²) in [5.74, 6) is -0.989. The topological polar surface area (TPSA) is 86.8 Å². The molecule has 0 saturated carbocycles. The minimum atomic E-state index is -3.93. The Labute approximate surface area is 226 Å². The molecule has 0 heterocycles. The standard InChI is InChI=1S/C23H27Cl4N3O4S/c1-4-11-28-23(32)20(5-2)29(13-16-17(25)7-6-8-18(16)26)22(31)14-30(35(3,33)34)21-10-9-15(24)12-19(21)27/h6-10,12,20H,4-5,11,13-14H2,1-3H3,(H,28,32). The Morgan fingerprint density at radius 1 is 1.00 bits per heavy atom. The zero-order valence-corrected chi connectivity index (χ0v) is 23.4. The van der Waals surface area contributed by atoms with Crippen LogP contribution in [0.1, 0.15) is 32.3 Å². The third-order valence-corrected chi connectivity index (χ3v) is 7.56. The molecule has 0 bridgehead atoms. The highest BCUT2D eigenvalue weighted by Crippen LogP contribution is 2.31. The molecule has 0 aliphatic carbocycles. The molecule has 0 aliphatic heterocycles. The van der Waals surface area contributed by atoms with E-state index in [9.17, 15) is 18.0 Å². The summed E-state index contributed by atoms with van der Waals surface area (Å²) >= 11 is 24.9. The van der Waals surface area contributed by atoms with E-state index >= 15 is 0 Å². The van der Waals surface area contributed by atoms with Crippen LogP contribution in [-0.2, 0) is 26.2 Å². The van der Waals surface area contributed by atoms with E-state index in [0.29, 0.717) is 33.6 Å². The van der Waals surface area contributed by atoms with Gasteiger partial charge in [-0.2, -0.15) is 0 Å². The van der Waals surface area contributed by atoms with Crippen LogP contribution in [0, 0.1) is 0 Å². The van der Waals surface area contributed by atoms with Crippen LogP contribution in [0.2, 0.25) is 20.1 Å². The third-order valence-electron chi connectivity index (χ3n) is 5.18. The lowest BCUT2D eigenvalue weighted by Crippen LogP contribution is -2.52. The van der Waals surface area contributed by atoms with Gasteiger partial charge in [-0.1, -0.05) is 66.3 Å². The fourth-order valence-corrected chi connectivity index (χ4v) is 5.36. The zero-order valence-electron chi connectivity index (χ0n) is 19.5. The Hall–Kier alpha value is -1.71. The van der Waals surface area contributed by atoms with E-state index in [1.54, 1.807) is 25.1 Å². The molecule has 1 atom stereocenters. The summed E-state index contributed by atoms with van der Waals surface area (Å²) in [5.41, 5.74) is 0.535. The van der Waals surface area contributed by atoms with Crippen molar-refractivity contribution in [3.05, 3.63) is 62.1 Å². The van der Waals surface area contributed by atoms with Gasteiger partial charge in [-0.15, -0.1) is 0 Å². The number of anilines is 1. The van der Waals surface area contributed by atoms with Crippen LogP contribution in [0.5, 0.6) is 0 Å². The van der Waals surface area contributed by atoms with Gasteiger partial charge < -0.3 is 10.2 Å². The molecular formula is C23H27Cl4N3O4S. The van der Waals surface area contributed by atoms with Crippen molar-refractivity contribution in [2.45, 2.75) is 39.3 Å². The van der Waals surface area contributed by atoms with Gasteiger partial charge in [-0.05, 0) is 43.2 Å². The van der Waals surface area contributed by atoms with Gasteiger partial charge >= 0.3 is 0 Å². The number of nitrogens with one attached hydrogen (secondary N) is 1. The molecule has 1 unspecified atom stereocenters. The number of rotatable bonds is 11. The summed E-state index contributed by atoms with van der Waals surface area (Å²) in [5, 5.41) is 3.81. The lowest BCUT2D eigenvalue weighted by molar-refractivity contribution is -0.140. The number of hydrogen-bond donors (Lipinski definition) is 1. The molecule has 0 radical (unpaired) electrons. The number of carbonyl (C=O) groups excluding carboxylic acids is 2. The van der Waals surface area contributed by atoms with Gasteiger partial charge in [0.1, 0.15) is 12.6 Å². The molecule has 0 aliphatic rings. The second-order valence-corrected chi connectivity index (χ2v) is 11.4. The number of carbonyl (C=O) groups is 2. The summed E-state index contributed by atoms with van der Waals surface area (Å²) in [6.45, 7) is 3.41. The van der Waals surface area contributed by atoms with Gasteiger partial charge in [0.2, 0.25) is 21.8 Å². The predicted octanol–water partition coefficient (Wildman–Crippen LogP) is 5.40. The summed E-state index contributed by atoms with van der Waals surface area (Å²) in [7, 11) is -3.93. The van der Waals surface area contributed by atoms with Crippen LogP contribution in [0.25, 0.3) is 0 Å². The molecule has 0 spiro atoms. The van der Waals surface area contributed by atoms with Crippen LogP contribution in [0.4, 0.5) is 5.69 Å². The first-order valence-electron chi connectivity index (χ1n) is 10.8. The summed E-state index contributed by atoms with van der Waals surface area (Å²) in [4.78, 5) is 27.9. The van der Waals surface area contributed by atoms with Crippen LogP contribution in [0.15, 0.2) is 36.4 Å². The number of hydrogen-bond acceptors (Lipinski definition) is 4. The smallest absolute Gasteiger partial charge is 0.244 e. The molecule has 12 heteroatoms. The first kappa shape index (κ1) is 29.5. The fraction of sp³-hybridized carbons (Fsp3) is 0.391. The van der Waals surface area contributed by atoms with Gasteiger partial charge in [0.05, 0.1) is 17.0 Å². The minimum Gasteiger partial charge on any atom is -0.354 e. The summed E-state index contributed by atoms with van der Waals surface area (Å²) < 4.78 is 26.2. The molecule has 2 amide bonds. The molecule has 2 aromatic rings. The van der Waals surface area contributed by atoms with Gasteiger partial charge in [0.15, 0.2) is 0 Å². The van der Waals surface area contributed by atoms with Crippen LogP contribution in [-0.4, -0.2) is 50.5 Å². The number of halogens is 4. The van der Waals surface area contributed by atoms with E-state index in [4.69, 9.17) is 46.4 Å². The van der Waals surface area contributed by atoms with Crippen molar-refractivity contribution in [1.82, 2.24) is 10.2 Å². The van der Waals surface area contributed by atoms with E-state index in [-0.39, 0.29) is 29.6 Å². The highest BCUT2D eigenvalue weighted by Gasteiger charge is 2.33. The van der Waals surface area contributed by atoms with Crippen molar-refractivity contribution in [3.63, 3.8) is 0 Å². The molecular weight excluding hydrogens is 556 g/mol.